The van der Waals surface area contributed by atoms with Gasteiger partial charge in [-0.25, -0.2) is 4.79 Å². The van der Waals surface area contributed by atoms with Crippen LogP contribution < -0.4 is 10.6 Å². The van der Waals surface area contributed by atoms with Crippen molar-refractivity contribution in [2.24, 2.45) is 0 Å². The van der Waals surface area contributed by atoms with Crippen LogP contribution in [0.4, 0.5) is 4.79 Å². The number of halogens is 1. The lowest BCUT2D eigenvalue weighted by Crippen LogP contribution is -2.52. The first kappa shape index (κ1) is 21.8. The molecule has 1 aromatic carbocycles. The highest BCUT2D eigenvalue weighted by Crippen LogP contribution is 2.27. The molecule has 0 bridgehead atoms. The Morgan fingerprint density at radius 1 is 1.16 bits per heavy atom. The predicted molar refractivity (Wildman–Crippen MR) is 106 cm³/mol. The Kier molecular flexibility index (Phi) is 8.28. The SMILES string of the molecule is CC(C)(CNC(=O)OC(C)(C)C)NC(=O)CCSc1ccccc1Br. The van der Waals surface area contributed by atoms with Crippen LogP contribution in [0, 0.1) is 0 Å². The summed E-state index contributed by atoms with van der Waals surface area (Å²) in [6.07, 6.45) is -0.0821. The van der Waals surface area contributed by atoms with Crippen molar-refractivity contribution in [1.29, 1.82) is 0 Å². The summed E-state index contributed by atoms with van der Waals surface area (Å²) in [5, 5.41) is 5.63. The summed E-state index contributed by atoms with van der Waals surface area (Å²) in [7, 11) is 0. The lowest BCUT2D eigenvalue weighted by molar-refractivity contribution is -0.122. The van der Waals surface area contributed by atoms with Gasteiger partial charge in [0.05, 0.1) is 5.54 Å². The zero-order chi connectivity index (χ0) is 19.1. The molecule has 1 aromatic rings. The van der Waals surface area contributed by atoms with Gasteiger partial charge in [0.25, 0.3) is 0 Å². The number of benzene rings is 1. The van der Waals surface area contributed by atoms with E-state index in [0.717, 1.165) is 9.37 Å². The maximum Gasteiger partial charge on any atom is 0.407 e. The zero-order valence-electron chi connectivity index (χ0n) is 15.4. The first-order valence-electron chi connectivity index (χ1n) is 8.14. The number of nitrogens with one attached hydrogen (secondary N) is 2. The van der Waals surface area contributed by atoms with Gasteiger partial charge in [0.15, 0.2) is 0 Å². The number of alkyl carbamates (subject to hydrolysis) is 1. The third-order valence-electron chi connectivity index (χ3n) is 2.97. The van der Waals surface area contributed by atoms with Crippen LogP contribution in [0.25, 0.3) is 0 Å². The molecule has 0 aliphatic carbocycles. The van der Waals surface area contributed by atoms with Gasteiger partial charge in [0.1, 0.15) is 5.60 Å². The van der Waals surface area contributed by atoms with Gasteiger partial charge in [-0.1, -0.05) is 12.1 Å². The number of carbonyl (C=O) groups is 2. The van der Waals surface area contributed by atoms with Crippen molar-refractivity contribution < 1.29 is 14.3 Å². The molecule has 0 aliphatic heterocycles. The summed E-state index contributed by atoms with van der Waals surface area (Å²) in [4.78, 5) is 24.9. The van der Waals surface area contributed by atoms with E-state index in [2.05, 4.69) is 26.6 Å². The van der Waals surface area contributed by atoms with Crippen molar-refractivity contribution in [3.8, 4) is 0 Å². The lowest BCUT2D eigenvalue weighted by Gasteiger charge is -2.27. The van der Waals surface area contributed by atoms with E-state index in [9.17, 15) is 9.59 Å². The molecule has 0 fully saturated rings. The van der Waals surface area contributed by atoms with Crippen LogP contribution in [-0.2, 0) is 9.53 Å². The maximum absolute atomic E-state index is 12.1. The predicted octanol–water partition coefficient (Wildman–Crippen LogP) is 4.35. The second-order valence-electron chi connectivity index (χ2n) is 7.32. The van der Waals surface area contributed by atoms with Crippen molar-refractivity contribution in [3.05, 3.63) is 28.7 Å². The monoisotopic (exact) mass is 430 g/mol. The van der Waals surface area contributed by atoms with Crippen LogP contribution in [-0.4, -0.2) is 35.4 Å². The quantitative estimate of drug-likeness (QED) is 0.630. The second kappa shape index (κ2) is 9.48. The maximum atomic E-state index is 12.1. The van der Waals surface area contributed by atoms with Crippen LogP contribution in [0.15, 0.2) is 33.6 Å². The van der Waals surface area contributed by atoms with E-state index in [1.165, 1.54) is 0 Å². The topological polar surface area (TPSA) is 67.4 Å². The first-order valence-corrected chi connectivity index (χ1v) is 9.91. The molecule has 0 heterocycles. The highest BCUT2D eigenvalue weighted by Gasteiger charge is 2.23. The number of amides is 2. The summed E-state index contributed by atoms with van der Waals surface area (Å²) in [5.41, 5.74) is -1.09. The van der Waals surface area contributed by atoms with Crippen LogP contribution in [0.2, 0.25) is 0 Å². The third-order valence-corrected chi connectivity index (χ3v) is 5.00. The van der Waals surface area contributed by atoms with Gasteiger partial charge < -0.3 is 15.4 Å². The van der Waals surface area contributed by atoms with Crippen molar-refractivity contribution in [2.75, 3.05) is 12.3 Å². The molecule has 0 saturated heterocycles. The minimum Gasteiger partial charge on any atom is -0.444 e. The van der Waals surface area contributed by atoms with Gasteiger partial charge in [0.2, 0.25) is 5.91 Å². The van der Waals surface area contributed by atoms with E-state index in [4.69, 9.17) is 4.74 Å². The minimum absolute atomic E-state index is 0.0458. The molecule has 0 aromatic heterocycles. The molecule has 0 aliphatic rings. The highest BCUT2D eigenvalue weighted by molar-refractivity contribution is 9.10. The summed E-state index contributed by atoms with van der Waals surface area (Å²) in [6, 6.07) is 7.93. The van der Waals surface area contributed by atoms with Crippen LogP contribution in [0.5, 0.6) is 0 Å². The Bertz CT molecular complexity index is 600. The van der Waals surface area contributed by atoms with Crippen molar-refractivity contribution >= 4 is 39.7 Å². The van der Waals surface area contributed by atoms with Crippen molar-refractivity contribution in [2.45, 2.75) is 57.1 Å². The molecule has 2 amide bonds. The molecule has 140 valence electrons. The Labute approximate surface area is 162 Å². The van der Waals surface area contributed by atoms with Crippen molar-refractivity contribution in [1.82, 2.24) is 10.6 Å². The van der Waals surface area contributed by atoms with Crippen LogP contribution in [0.1, 0.15) is 41.0 Å². The zero-order valence-corrected chi connectivity index (χ0v) is 17.8. The molecule has 0 saturated carbocycles. The average Bonchev–Trinajstić information content (AvgIpc) is 2.45. The minimum atomic E-state index is -0.550. The van der Waals surface area contributed by atoms with Crippen LogP contribution in [0.3, 0.4) is 0 Å². The Morgan fingerprint density at radius 2 is 1.80 bits per heavy atom. The average molecular weight is 431 g/mol. The van der Waals surface area contributed by atoms with E-state index < -0.39 is 17.2 Å². The molecule has 0 spiro atoms. The van der Waals surface area contributed by atoms with E-state index >= 15 is 0 Å². The van der Waals surface area contributed by atoms with E-state index in [0.29, 0.717) is 18.7 Å². The summed E-state index contributed by atoms with van der Waals surface area (Å²) >= 11 is 5.12. The molecule has 1 rings (SSSR count). The molecule has 7 heteroatoms. The molecule has 0 radical (unpaired) electrons. The summed E-state index contributed by atoms with van der Waals surface area (Å²) in [6.45, 7) is 9.45. The van der Waals surface area contributed by atoms with Gasteiger partial charge in [-0.05, 0) is 62.7 Å². The Morgan fingerprint density at radius 3 is 2.40 bits per heavy atom. The van der Waals surface area contributed by atoms with E-state index in [1.807, 2.05) is 58.9 Å². The number of rotatable bonds is 7. The first-order chi connectivity index (χ1) is 11.5. The van der Waals surface area contributed by atoms with Gasteiger partial charge in [-0.3, -0.25) is 4.79 Å². The fourth-order valence-corrected chi connectivity index (χ4v) is 3.42. The van der Waals surface area contributed by atoms with E-state index in [1.54, 1.807) is 11.8 Å². The fraction of sp³-hybridized carbons (Fsp3) is 0.556. The molecule has 0 atom stereocenters. The molecular weight excluding hydrogens is 404 g/mol. The Balaban J connectivity index is 2.34. The van der Waals surface area contributed by atoms with Gasteiger partial charge in [-0.2, -0.15) is 0 Å². The Hall–Kier alpha value is -1.21. The van der Waals surface area contributed by atoms with Gasteiger partial charge in [0, 0.05) is 28.1 Å². The standard InChI is InChI=1S/C18H27BrN2O3S/c1-17(2,3)24-16(23)20-12-18(4,5)21-15(22)10-11-25-14-9-7-6-8-13(14)19/h6-9H,10-12H2,1-5H3,(H,20,23)(H,21,22). The van der Waals surface area contributed by atoms with Gasteiger partial charge in [-0.15, -0.1) is 11.8 Å². The van der Waals surface area contributed by atoms with Crippen LogP contribution >= 0.6 is 27.7 Å². The number of thioether (sulfide) groups is 1. The number of ether oxygens (including phenoxy) is 1. The largest absolute Gasteiger partial charge is 0.444 e. The van der Waals surface area contributed by atoms with E-state index in [-0.39, 0.29) is 5.91 Å². The molecule has 2 N–H and O–H groups in total. The smallest absolute Gasteiger partial charge is 0.407 e. The number of hydrogen-bond acceptors (Lipinski definition) is 4. The van der Waals surface area contributed by atoms with Gasteiger partial charge >= 0.3 is 6.09 Å². The molecule has 0 unspecified atom stereocenters. The highest BCUT2D eigenvalue weighted by atomic mass is 79.9. The molecular formula is C18H27BrN2O3S. The lowest BCUT2D eigenvalue weighted by atomic mass is 10.1. The van der Waals surface area contributed by atoms with Crippen molar-refractivity contribution in [3.63, 3.8) is 0 Å². The second-order valence-corrected chi connectivity index (χ2v) is 9.31. The third kappa shape index (κ3) is 9.75. The number of hydrogen-bond donors (Lipinski definition) is 2. The normalized spacial score (nSPS) is 11.8. The fourth-order valence-electron chi connectivity index (χ4n) is 1.91. The number of carbonyl (C=O) groups excluding carboxylic acids is 2. The molecule has 25 heavy (non-hydrogen) atoms. The molecule has 5 nitrogen and oxygen atoms in total. The summed E-state index contributed by atoms with van der Waals surface area (Å²) < 4.78 is 6.22. The summed E-state index contributed by atoms with van der Waals surface area (Å²) in [5.74, 6) is 0.639.